The van der Waals surface area contributed by atoms with E-state index in [0.29, 0.717) is 6.04 Å². The van der Waals surface area contributed by atoms with Crippen molar-refractivity contribution < 1.29 is 5.11 Å². The number of hydrogen-bond acceptors (Lipinski definition) is 2. The predicted molar refractivity (Wildman–Crippen MR) is 60.4 cm³/mol. The Labute approximate surface area is 88.1 Å². The maximum atomic E-state index is 9.00. The van der Waals surface area contributed by atoms with Crippen molar-refractivity contribution in [1.29, 1.82) is 0 Å². The summed E-state index contributed by atoms with van der Waals surface area (Å²) in [6.07, 6.45) is 9.49. The highest BCUT2D eigenvalue weighted by Gasteiger charge is 2.13. The molecule has 1 aliphatic carbocycles. The van der Waals surface area contributed by atoms with Gasteiger partial charge in [-0.15, -0.1) is 0 Å². The van der Waals surface area contributed by atoms with Crippen LogP contribution in [0.4, 0.5) is 0 Å². The third-order valence-electron chi connectivity index (χ3n) is 3.42. The molecule has 0 aromatic heterocycles. The van der Waals surface area contributed by atoms with Gasteiger partial charge in [-0.2, -0.15) is 0 Å². The lowest BCUT2D eigenvalue weighted by Gasteiger charge is -2.22. The molecule has 0 amide bonds. The second kappa shape index (κ2) is 7.24. The summed E-state index contributed by atoms with van der Waals surface area (Å²) in [7, 11) is 0. The first kappa shape index (κ1) is 12.0. The van der Waals surface area contributed by atoms with Crippen LogP contribution in [-0.2, 0) is 0 Å². The molecule has 2 N–H and O–H groups in total. The lowest BCUT2D eigenvalue weighted by molar-refractivity contribution is 0.233. The Morgan fingerprint density at radius 2 is 2.00 bits per heavy atom. The molecule has 0 spiro atoms. The van der Waals surface area contributed by atoms with Gasteiger partial charge in [-0.25, -0.2) is 0 Å². The summed E-state index contributed by atoms with van der Waals surface area (Å²) in [5, 5.41) is 12.4. The summed E-state index contributed by atoms with van der Waals surface area (Å²) in [5.41, 5.74) is 0. The van der Waals surface area contributed by atoms with Crippen LogP contribution in [0.1, 0.15) is 51.9 Å². The predicted octanol–water partition coefficient (Wildman–Crippen LogP) is 2.32. The molecule has 0 heterocycles. The van der Waals surface area contributed by atoms with E-state index in [0.717, 1.165) is 18.9 Å². The maximum Gasteiger partial charge on any atom is 0.0584 e. The molecular formula is C12H25NO. The van der Waals surface area contributed by atoms with Crippen LogP contribution in [0.5, 0.6) is 0 Å². The summed E-state index contributed by atoms with van der Waals surface area (Å²) in [6.45, 7) is 3.49. The number of rotatable bonds is 6. The molecule has 1 rings (SSSR count). The number of aliphatic hydroxyl groups is 1. The highest BCUT2D eigenvalue weighted by molar-refractivity contribution is 4.69. The third-order valence-corrected chi connectivity index (χ3v) is 3.42. The quantitative estimate of drug-likeness (QED) is 0.688. The molecule has 0 bridgehead atoms. The first-order valence-electron chi connectivity index (χ1n) is 6.21. The zero-order valence-corrected chi connectivity index (χ0v) is 9.47. The maximum absolute atomic E-state index is 9.00. The van der Waals surface area contributed by atoms with Crippen molar-refractivity contribution in [2.24, 2.45) is 5.92 Å². The van der Waals surface area contributed by atoms with Gasteiger partial charge in [0, 0.05) is 6.04 Å². The smallest absolute Gasteiger partial charge is 0.0584 e. The van der Waals surface area contributed by atoms with Gasteiger partial charge in [-0.3, -0.25) is 0 Å². The summed E-state index contributed by atoms with van der Waals surface area (Å²) in [5.74, 6) is 0.951. The fourth-order valence-corrected chi connectivity index (χ4v) is 2.31. The SMILES string of the molecule is CC[C@@H](CO)NCCC1CCCCC1. The van der Waals surface area contributed by atoms with Crippen LogP contribution < -0.4 is 5.32 Å². The van der Waals surface area contributed by atoms with Crippen molar-refractivity contribution in [3.63, 3.8) is 0 Å². The minimum atomic E-state index is 0.279. The van der Waals surface area contributed by atoms with Crippen LogP contribution in [0.15, 0.2) is 0 Å². The zero-order valence-electron chi connectivity index (χ0n) is 9.47. The Morgan fingerprint density at radius 3 is 2.57 bits per heavy atom. The van der Waals surface area contributed by atoms with E-state index in [2.05, 4.69) is 12.2 Å². The zero-order chi connectivity index (χ0) is 10.2. The molecule has 0 saturated heterocycles. The average Bonchev–Trinajstić information content (AvgIpc) is 2.26. The molecule has 0 aliphatic heterocycles. The van der Waals surface area contributed by atoms with Crippen molar-refractivity contribution in [1.82, 2.24) is 5.32 Å². The van der Waals surface area contributed by atoms with E-state index < -0.39 is 0 Å². The van der Waals surface area contributed by atoms with Gasteiger partial charge in [0.1, 0.15) is 0 Å². The van der Waals surface area contributed by atoms with Gasteiger partial charge in [-0.1, -0.05) is 39.0 Å². The van der Waals surface area contributed by atoms with Crippen LogP contribution >= 0.6 is 0 Å². The fourth-order valence-electron chi connectivity index (χ4n) is 2.31. The molecule has 14 heavy (non-hydrogen) atoms. The van der Waals surface area contributed by atoms with Crippen LogP contribution in [0.3, 0.4) is 0 Å². The fraction of sp³-hybridized carbons (Fsp3) is 1.00. The van der Waals surface area contributed by atoms with E-state index in [1.54, 1.807) is 0 Å². The molecule has 2 nitrogen and oxygen atoms in total. The van der Waals surface area contributed by atoms with E-state index in [9.17, 15) is 0 Å². The molecule has 0 aromatic rings. The monoisotopic (exact) mass is 199 g/mol. The van der Waals surface area contributed by atoms with Crippen LogP contribution in [0.2, 0.25) is 0 Å². The van der Waals surface area contributed by atoms with Gasteiger partial charge in [0.25, 0.3) is 0 Å². The van der Waals surface area contributed by atoms with Gasteiger partial charge in [0.2, 0.25) is 0 Å². The van der Waals surface area contributed by atoms with E-state index in [1.165, 1.54) is 38.5 Å². The first-order chi connectivity index (χ1) is 6.86. The van der Waals surface area contributed by atoms with Gasteiger partial charge in [0.05, 0.1) is 6.61 Å². The molecule has 0 radical (unpaired) electrons. The van der Waals surface area contributed by atoms with E-state index in [1.807, 2.05) is 0 Å². The Balaban J connectivity index is 2.01. The van der Waals surface area contributed by atoms with Crippen molar-refractivity contribution in [2.75, 3.05) is 13.2 Å². The molecule has 1 aliphatic rings. The normalized spacial score (nSPS) is 21.0. The standard InChI is InChI=1S/C12H25NO/c1-2-12(10-14)13-9-8-11-6-4-3-5-7-11/h11-14H,2-10H2,1H3/t12-/m0/s1. The van der Waals surface area contributed by atoms with Crippen molar-refractivity contribution in [3.8, 4) is 0 Å². The number of nitrogens with one attached hydrogen (secondary N) is 1. The minimum absolute atomic E-state index is 0.279. The number of hydrogen-bond donors (Lipinski definition) is 2. The second-order valence-corrected chi connectivity index (χ2v) is 4.53. The Bertz CT molecular complexity index is 128. The minimum Gasteiger partial charge on any atom is -0.395 e. The van der Waals surface area contributed by atoms with Crippen LogP contribution in [0.25, 0.3) is 0 Å². The summed E-state index contributed by atoms with van der Waals surface area (Å²) in [4.78, 5) is 0. The molecule has 1 saturated carbocycles. The lowest BCUT2D eigenvalue weighted by atomic mass is 9.87. The van der Waals surface area contributed by atoms with Gasteiger partial charge in [0.15, 0.2) is 0 Å². The topological polar surface area (TPSA) is 32.3 Å². The highest BCUT2D eigenvalue weighted by Crippen LogP contribution is 2.25. The molecule has 0 aromatic carbocycles. The van der Waals surface area contributed by atoms with Crippen LogP contribution in [0, 0.1) is 5.92 Å². The average molecular weight is 199 g/mol. The van der Waals surface area contributed by atoms with Crippen molar-refractivity contribution in [3.05, 3.63) is 0 Å². The molecular weight excluding hydrogens is 174 g/mol. The first-order valence-corrected chi connectivity index (χ1v) is 6.21. The second-order valence-electron chi connectivity index (χ2n) is 4.53. The Hall–Kier alpha value is -0.0800. The van der Waals surface area contributed by atoms with E-state index >= 15 is 0 Å². The summed E-state index contributed by atoms with van der Waals surface area (Å²) < 4.78 is 0. The summed E-state index contributed by atoms with van der Waals surface area (Å²) >= 11 is 0. The van der Waals surface area contributed by atoms with E-state index in [-0.39, 0.29) is 6.61 Å². The Kier molecular flexibility index (Phi) is 6.20. The summed E-state index contributed by atoms with van der Waals surface area (Å²) in [6, 6.07) is 0.318. The molecule has 1 fully saturated rings. The molecule has 1 atom stereocenters. The van der Waals surface area contributed by atoms with Gasteiger partial charge >= 0.3 is 0 Å². The lowest BCUT2D eigenvalue weighted by Crippen LogP contribution is -2.33. The third kappa shape index (κ3) is 4.43. The van der Waals surface area contributed by atoms with Gasteiger partial charge < -0.3 is 10.4 Å². The number of aliphatic hydroxyl groups excluding tert-OH is 1. The largest absolute Gasteiger partial charge is 0.395 e. The molecule has 84 valence electrons. The van der Waals surface area contributed by atoms with Crippen molar-refractivity contribution >= 4 is 0 Å². The highest BCUT2D eigenvalue weighted by atomic mass is 16.3. The van der Waals surface area contributed by atoms with Crippen molar-refractivity contribution in [2.45, 2.75) is 57.9 Å². The molecule has 2 heteroatoms. The van der Waals surface area contributed by atoms with E-state index in [4.69, 9.17) is 5.11 Å². The van der Waals surface area contributed by atoms with Crippen LogP contribution in [-0.4, -0.2) is 24.3 Å². The Morgan fingerprint density at radius 1 is 1.29 bits per heavy atom. The molecule has 0 unspecified atom stereocenters. The van der Waals surface area contributed by atoms with Gasteiger partial charge in [-0.05, 0) is 25.3 Å².